The van der Waals surface area contributed by atoms with Crippen molar-refractivity contribution in [3.05, 3.63) is 124 Å². The molecule has 264 valence electrons. The van der Waals surface area contributed by atoms with Crippen LogP contribution in [0.25, 0.3) is 10.4 Å². The largest absolute Gasteiger partial charge is 0.381 e. The first-order valence-electron chi connectivity index (χ1n) is 17.2. The van der Waals surface area contributed by atoms with Crippen LogP contribution < -0.4 is 20.4 Å². The first-order chi connectivity index (χ1) is 25.2. The van der Waals surface area contributed by atoms with E-state index in [-0.39, 0.29) is 35.1 Å². The quantitative estimate of drug-likeness (QED) is 0.186. The van der Waals surface area contributed by atoms with E-state index in [0.29, 0.717) is 50.0 Å². The summed E-state index contributed by atoms with van der Waals surface area (Å²) in [6.07, 6.45) is 3.99. The Kier molecular flexibility index (Phi) is 8.80. The molecule has 1 spiro atoms. The summed E-state index contributed by atoms with van der Waals surface area (Å²) in [7, 11) is 0. The number of thiophene rings is 1. The molecule has 2 N–H and O–H groups in total. The number of hydrogen-bond donors (Lipinski definition) is 2. The van der Waals surface area contributed by atoms with Gasteiger partial charge >= 0.3 is 0 Å². The van der Waals surface area contributed by atoms with E-state index >= 15 is 4.39 Å². The van der Waals surface area contributed by atoms with Gasteiger partial charge in [-0.05, 0) is 92.4 Å². The zero-order valence-electron chi connectivity index (χ0n) is 28.4. The van der Waals surface area contributed by atoms with E-state index < -0.39 is 17.5 Å². The molecule has 52 heavy (non-hydrogen) atoms. The molecule has 3 aromatic carbocycles. The maximum atomic E-state index is 15.9. The van der Waals surface area contributed by atoms with Crippen LogP contribution in [0.4, 0.5) is 31.7 Å². The number of para-hydroxylation sites is 1. The number of rotatable bonds is 6. The third-order valence-corrected chi connectivity index (χ3v) is 11.3. The third kappa shape index (κ3) is 6.33. The van der Waals surface area contributed by atoms with E-state index in [4.69, 9.17) is 4.74 Å². The molecule has 2 fully saturated rings. The third-order valence-electron chi connectivity index (χ3n) is 10.1. The van der Waals surface area contributed by atoms with Gasteiger partial charge in [0.1, 0.15) is 16.5 Å². The minimum Gasteiger partial charge on any atom is -0.381 e. The molecule has 3 amide bonds. The number of nitrogens with zero attached hydrogens (tertiary/aromatic N) is 3. The fourth-order valence-electron chi connectivity index (χ4n) is 7.27. The topological polar surface area (TPSA) is 104 Å². The predicted molar refractivity (Wildman–Crippen MR) is 198 cm³/mol. The number of aryl methyl sites for hydroxylation is 1. The monoisotopic (exact) mass is 719 g/mol. The second-order valence-electron chi connectivity index (χ2n) is 13.6. The van der Waals surface area contributed by atoms with E-state index in [2.05, 4.69) is 20.5 Å². The van der Waals surface area contributed by atoms with Gasteiger partial charge in [-0.25, -0.2) is 13.8 Å². The van der Waals surface area contributed by atoms with Crippen molar-refractivity contribution in [2.24, 2.45) is 5.41 Å². The summed E-state index contributed by atoms with van der Waals surface area (Å²) in [5.74, 6) is -1.59. The standard InChI is InChI=1S/C40H35F2N5O4S/c1-24-20-31(36(43-21-24)46-22-40(23-46)15-18-51-19-16-40)37(48)44-27-10-6-25(7-11-27)39(50)47-17-14-30-33(42)35(38(49)45-28-12-8-26(41)9-13-28)52-34(30)29-4-2-3-5-32(29)47/h2-13,20-21H,14-19,22-23H2,1H3,(H,44,48)(H,45,49). The average Bonchev–Trinajstić information content (AvgIpc) is 3.38. The number of ether oxygens (including phenoxy) is 1. The van der Waals surface area contributed by atoms with E-state index in [1.54, 1.807) is 35.4 Å². The predicted octanol–water partition coefficient (Wildman–Crippen LogP) is 7.72. The number of pyridine rings is 1. The number of aromatic nitrogens is 1. The van der Waals surface area contributed by atoms with Crippen molar-refractivity contribution >= 4 is 51.9 Å². The summed E-state index contributed by atoms with van der Waals surface area (Å²) in [6.45, 7) is 5.31. The molecular weight excluding hydrogens is 685 g/mol. The Balaban J connectivity index is 0.984. The van der Waals surface area contributed by atoms with Gasteiger partial charge in [0, 0.05) is 77.4 Å². The number of carbonyl (C=O) groups excluding carboxylic acids is 3. The van der Waals surface area contributed by atoms with Crippen molar-refractivity contribution < 1.29 is 27.9 Å². The average molecular weight is 720 g/mol. The van der Waals surface area contributed by atoms with Crippen LogP contribution in [-0.4, -0.2) is 55.6 Å². The Bertz CT molecular complexity index is 2190. The molecule has 5 aromatic rings. The van der Waals surface area contributed by atoms with E-state index in [9.17, 15) is 18.8 Å². The van der Waals surface area contributed by atoms with Gasteiger partial charge in [-0.15, -0.1) is 11.3 Å². The molecule has 2 saturated heterocycles. The molecule has 0 radical (unpaired) electrons. The van der Waals surface area contributed by atoms with Crippen LogP contribution in [0.3, 0.4) is 0 Å². The lowest BCUT2D eigenvalue weighted by atomic mass is 9.73. The zero-order chi connectivity index (χ0) is 36.0. The molecule has 5 heterocycles. The van der Waals surface area contributed by atoms with E-state index in [0.717, 1.165) is 56.0 Å². The highest BCUT2D eigenvalue weighted by Crippen LogP contribution is 2.44. The highest BCUT2D eigenvalue weighted by molar-refractivity contribution is 7.17. The summed E-state index contributed by atoms with van der Waals surface area (Å²) < 4.78 is 34.8. The lowest BCUT2D eigenvalue weighted by Crippen LogP contribution is -2.59. The lowest BCUT2D eigenvalue weighted by Gasteiger charge is -2.53. The molecule has 3 aliphatic rings. The zero-order valence-corrected chi connectivity index (χ0v) is 29.2. The lowest BCUT2D eigenvalue weighted by molar-refractivity contribution is -0.000511. The van der Waals surface area contributed by atoms with Crippen LogP contribution in [0.5, 0.6) is 0 Å². The summed E-state index contributed by atoms with van der Waals surface area (Å²) >= 11 is 1.03. The normalized spacial score (nSPS) is 16.0. The van der Waals surface area contributed by atoms with Gasteiger partial charge in [-0.3, -0.25) is 14.4 Å². The van der Waals surface area contributed by atoms with Crippen molar-refractivity contribution in [1.29, 1.82) is 0 Å². The molecule has 0 aliphatic carbocycles. The highest BCUT2D eigenvalue weighted by atomic mass is 32.1. The van der Waals surface area contributed by atoms with Gasteiger partial charge in [-0.1, -0.05) is 18.2 Å². The Hall–Kier alpha value is -5.46. The number of hydrogen-bond acceptors (Lipinski definition) is 7. The van der Waals surface area contributed by atoms with Gasteiger partial charge in [-0.2, -0.15) is 0 Å². The smallest absolute Gasteiger partial charge is 0.268 e. The van der Waals surface area contributed by atoms with Gasteiger partial charge < -0.3 is 25.2 Å². The summed E-state index contributed by atoms with van der Waals surface area (Å²) in [5, 5.41) is 5.62. The van der Waals surface area contributed by atoms with Crippen LogP contribution in [0, 0.1) is 24.0 Å². The van der Waals surface area contributed by atoms with Crippen molar-refractivity contribution in [2.45, 2.75) is 26.2 Å². The molecular formula is C40H35F2N5O4S. The van der Waals surface area contributed by atoms with Crippen molar-refractivity contribution in [3.63, 3.8) is 0 Å². The number of anilines is 4. The first-order valence-corrected chi connectivity index (χ1v) is 18.0. The number of halogens is 2. The number of benzene rings is 3. The van der Waals surface area contributed by atoms with E-state index in [1.165, 1.54) is 24.3 Å². The summed E-state index contributed by atoms with van der Waals surface area (Å²) in [4.78, 5) is 49.6. The summed E-state index contributed by atoms with van der Waals surface area (Å²) in [6, 6.07) is 21.1. The Morgan fingerprint density at radius 3 is 2.29 bits per heavy atom. The Morgan fingerprint density at radius 2 is 1.56 bits per heavy atom. The molecule has 0 saturated carbocycles. The fraction of sp³-hybridized carbons (Fsp3) is 0.250. The van der Waals surface area contributed by atoms with Gasteiger partial charge in [0.15, 0.2) is 5.82 Å². The second kappa shape index (κ2) is 13.6. The van der Waals surface area contributed by atoms with Crippen LogP contribution in [0.15, 0.2) is 85.1 Å². The van der Waals surface area contributed by atoms with Crippen LogP contribution >= 0.6 is 11.3 Å². The maximum Gasteiger partial charge on any atom is 0.268 e. The molecule has 0 atom stereocenters. The number of carbonyl (C=O) groups is 3. The van der Waals surface area contributed by atoms with Crippen LogP contribution in [0.1, 0.15) is 54.4 Å². The fourth-order valence-corrected chi connectivity index (χ4v) is 8.43. The van der Waals surface area contributed by atoms with Crippen molar-refractivity contribution in [1.82, 2.24) is 4.98 Å². The number of fused-ring (bicyclic) bond motifs is 3. The number of amides is 3. The van der Waals surface area contributed by atoms with Crippen LogP contribution in [0.2, 0.25) is 0 Å². The molecule has 3 aliphatic heterocycles. The van der Waals surface area contributed by atoms with E-state index in [1.807, 2.05) is 37.3 Å². The minimum absolute atomic E-state index is 0.0804. The van der Waals surface area contributed by atoms with Gasteiger partial charge in [0.05, 0.1) is 11.3 Å². The Labute approximate surface area is 303 Å². The molecule has 9 nitrogen and oxygen atoms in total. The molecule has 0 unspecified atom stereocenters. The highest BCUT2D eigenvalue weighted by Gasteiger charge is 2.45. The number of nitrogens with one attached hydrogen (secondary N) is 2. The summed E-state index contributed by atoms with van der Waals surface area (Å²) in [5.41, 5.74) is 4.49. The molecule has 2 aromatic heterocycles. The first kappa shape index (κ1) is 33.7. The van der Waals surface area contributed by atoms with Crippen molar-refractivity contribution in [2.75, 3.05) is 53.3 Å². The van der Waals surface area contributed by atoms with Crippen LogP contribution in [-0.2, 0) is 11.2 Å². The SMILES string of the molecule is Cc1cnc(N2CC3(CCOCC3)C2)c(C(=O)Nc2ccc(C(=O)N3CCc4c(sc(C(=O)Nc5ccc(F)cc5)c4F)-c4ccccc43)cc2)c1. The maximum absolute atomic E-state index is 15.9. The van der Waals surface area contributed by atoms with Gasteiger partial charge in [0.25, 0.3) is 17.7 Å². The molecule has 0 bridgehead atoms. The second-order valence-corrected chi connectivity index (χ2v) is 14.6. The van der Waals surface area contributed by atoms with Crippen molar-refractivity contribution in [3.8, 4) is 10.4 Å². The molecule has 12 heteroatoms. The Morgan fingerprint density at radius 1 is 0.885 bits per heavy atom. The van der Waals surface area contributed by atoms with Gasteiger partial charge in [0.2, 0.25) is 0 Å². The molecule has 8 rings (SSSR count). The minimum atomic E-state index is -0.632.